The molecule has 1 aliphatic carbocycles. The molecule has 0 spiro atoms. The number of benzene rings is 1. The van der Waals surface area contributed by atoms with Crippen molar-refractivity contribution in [2.75, 3.05) is 5.32 Å². The van der Waals surface area contributed by atoms with Gasteiger partial charge >= 0.3 is 0 Å². The average molecular weight is 470 g/mol. The van der Waals surface area contributed by atoms with E-state index in [0.29, 0.717) is 58.5 Å². The minimum absolute atomic E-state index is 0.0694. The van der Waals surface area contributed by atoms with Gasteiger partial charge in [0.2, 0.25) is 5.89 Å². The van der Waals surface area contributed by atoms with Crippen LogP contribution in [-0.4, -0.2) is 27.6 Å². The largest absolute Gasteiger partial charge is 0.468 e. The van der Waals surface area contributed by atoms with Crippen LogP contribution in [0.1, 0.15) is 61.3 Å². The Morgan fingerprint density at radius 3 is 2.80 bits per heavy atom. The first-order valence-electron chi connectivity index (χ1n) is 11.2. The number of carbonyl (C=O) groups excluding carboxylic acids is 3. The summed E-state index contributed by atoms with van der Waals surface area (Å²) in [5.74, 6) is 0.689. The highest BCUT2D eigenvalue weighted by molar-refractivity contribution is 6.09. The maximum atomic E-state index is 12.7. The van der Waals surface area contributed by atoms with Gasteiger partial charge in [0.1, 0.15) is 29.2 Å². The number of aromatic nitrogens is 2. The number of fused-ring (bicyclic) bond motifs is 1. The van der Waals surface area contributed by atoms with Crippen LogP contribution in [0.25, 0.3) is 11.5 Å². The molecule has 1 aliphatic rings. The molecular weight excluding hydrogens is 448 g/mol. The Morgan fingerprint density at radius 1 is 1.09 bits per heavy atom. The lowest BCUT2D eigenvalue weighted by Gasteiger charge is -2.10. The second-order valence-electron chi connectivity index (χ2n) is 8.18. The molecule has 0 aliphatic heterocycles. The highest BCUT2D eigenvalue weighted by Crippen LogP contribution is 2.27. The van der Waals surface area contributed by atoms with Gasteiger partial charge in [-0.1, -0.05) is 12.1 Å². The zero-order valence-electron chi connectivity index (χ0n) is 19.0. The van der Waals surface area contributed by atoms with E-state index in [1.54, 1.807) is 49.5 Å². The first-order chi connectivity index (χ1) is 17.0. The molecule has 2 amide bonds. The van der Waals surface area contributed by atoms with Gasteiger partial charge < -0.3 is 19.5 Å². The van der Waals surface area contributed by atoms with Crippen molar-refractivity contribution in [1.29, 1.82) is 0 Å². The monoisotopic (exact) mass is 470 g/mol. The summed E-state index contributed by atoms with van der Waals surface area (Å²) in [6, 6.07) is 12.2. The Bertz CT molecular complexity index is 1420. The molecule has 9 heteroatoms. The number of aryl methyl sites for hydroxylation is 2. The second kappa shape index (κ2) is 9.38. The molecule has 1 aromatic carbocycles. The first-order valence-corrected chi connectivity index (χ1v) is 11.2. The Balaban J connectivity index is 1.28. The average Bonchev–Trinajstić information content (AvgIpc) is 3.48. The number of pyridine rings is 1. The molecule has 4 aromatic rings. The van der Waals surface area contributed by atoms with Crippen LogP contribution in [-0.2, 0) is 13.0 Å². The molecule has 0 bridgehead atoms. The van der Waals surface area contributed by atoms with Crippen LogP contribution in [0, 0.1) is 6.92 Å². The van der Waals surface area contributed by atoms with E-state index in [1.165, 1.54) is 6.26 Å². The van der Waals surface area contributed by atoms with Crippen molar-refractivity contribution in [3.05, 3.63) is 89.0 Å². The molecular formula is C26H22N4O5. The molecule has 5 rings (SSSR count). The normalized spacial score (nSPS) is 12.8. The summed E-state index contributed by atoms with van der Waals surface area (Å²) < 4.78 is 11.2. The third-order valence-corrected chi connectivity index (χ3v) is 5.77. The number of anilines is 1. The van der Waals surface area contributed by atoms with E-state index < -0.39 is 5.91 Å². The smallest absolute Gasteiger partial charge is 0.274 e. The zero-order chi connectivity index (χ0) is 24.4. The molecule has 0 saturated carbocycles. The van der Waals surface area contributed by atoms with Crippen molar-refractivity contribution in [1.82, 2.24) is 15.3 Å². The molecule has 176 valence electrons. The van der Waals surface area contributed by atoms with E-state index in [0.717, 1.165) is 6.42 Å². The van der Waals surface area contributed by atoms with Crippen molar-refractivity contribution in [3.8, 4) is 11.5 Å². The molecule has 3 aromatic heterocycles. The molecule has 0 saturated heterocycles. The molecule has 0 fully saturated rings. The molecule has 0 unspecified atom stereocenters. The van der Waals surface area contributed by atoms with E-state index in [-0.39, 0.29) is 23.8 Å². The van der Waals surface area contributed by atoms with Crippen LogP contribution >= 0.6 is 0 Å². The van der Waals surface area contributed by atoms with E-state index in [4.69, 9.17) is 8.83 Å². The van der Waals surface area contributed by atoms with Crippen molar-refractivity contribution >= 4 is 23.3 Å². The maximum Gasteiger partial charge on any atom is 0.274 e. The van der Waals surface area contributed by atoms with Crippen LogP contribution in [0.5, 0.6) is 0 Å². The Hall–Kier alpha value is -4.53. The number of nitrogens with zero attached hydrogens (tertiary/aromatic N) is 2. The SMILES string of the molecule is Cc1oc(-c2cccc(NC(=O)c3ccccn3)c2)nc1CNC(=O)c1coc2c1C(=O)CCC2. The number of Topliss-reactive ketones (excluding diaryl/α,β-unsaturated/α-hetero) is 1. The molecule has 9 nitrogen and oxygen atoms in total. The summed E-state index contributed by atoms with van der Waals surface area (Å²) in [6.07, 6.45) is 4.70. The summed E-state index contributed by atoms with van der Waals surface area (Å²) in [4.78, 5) is 45.9. The van der Waals surface area contributed by atoms with Gasteiger partial charge in [-0.3, -0.25) is 19.4 Å². The van der Waals surface area contributed by atoms with Crippen LogP contribution in [0.3, 0.4) is 0 Å². The highest BCUT2D eigenvalue weighted by atomic mass is 16.4. The summed E-state index contributed by atoms with van der Waals surface area (Å²) in [6.45, 7) is 1.88. The molecule has 0 atom stereocenters. The number of oxazole rings is 1. The Kier molecular flexibility index (Phi) is 5.97. The predicted octanol–water partition coefficient (Wildman–Crippen LogP) is 4.34. The lowest BCUT2D eigenvalue weighted by molar-refractivity contribution is 0.0926. The maximum absolute atomic E-state index is 12.7. The number of hydrogen-bond acceptors (Lipinski definition) is 7. The Morgan fingerprint density at radius 2 is 1.97 bits per heavy atom. The van der Waals surface area contributed by atoms with Crippen LogP contribution in [0.15, 0.2) is 63.8 Å². The highest BCUT2D eigenvalue weighted by Gasteiger charge is 2.28. The fourth-order valence-electron chi connectivity index (χ4n) is 3.99. The van der Waals surface area contributed by atoms with Crippen molar-refractivity contribution < 1.29 is 23.2 Å². The number of hydrogen-bond donors (Lipinski definition) is 2. The van der Waals surface area contributed by atoms with Crippen LogP contribution in [0.4, 0.5) is 5.69 Å². The Labute approximate surface area is 200 Å². The standard InChI is InChI=1S/C26H22N4O5/c1-15-20(13-28-24(32)18-14-34-22-10-5-9-21(31)23(18)22)30-26(35-15)16-6-4-7-17(12-16)29-25(33)19-8-2-3-11-27-19/h2-4,6-8,11-12,14H,5,9-10,13H2,1H3,(H,28,32)(H,29,33). The van der Waals surface area contributed by atoms with Gasteiger partial charge in [0.25, 0.3) is 11.8 Å². The van der Waals surface area contributed by atoms with Gasteiger partial charge in [0.05, 0.1) is 17.7 Å². The van der Waals surface area contributed by atoms with E-state index in [2.05, 4.69) is 20.6 Å². The van der Waals surface area contributed by atoms with E-state index >= 15 is 0 Å². The number of furan rings is 1. The number of nitrogens with one attached hydrogen (secondary N) is 2. The number of rotatable bonds is 6. The van der Waals surface area contributed by atoms with Gasteiger partial charge in [0.15, 0.2) is 5.78 Å². The van der Waals surface area contributed by atoms with E-state index in [9.17, 15) is 14.4 Å². The molecule has 2 N–H and O–H groups in total. The van der Waals surface area contributed by atoms with Crippen molar-refractivity contribution in [2.24, 2.45) is 0 Å². The third kappa shape index (κ3) is 4.61. The molecule has 3 heterocycles. The third-order valence-electron chi connectivity index (χ3n) is 5.77. The summed E-state index contributed by atoms with van der Waals surface area (Å²) in [5.41, 5.74) is 2.74. The minimum Gasteiger partial charge on any atom is -0.468 e. The second-order valence-corrected chi connectivity index (χ2v) is 8.18. The van der Waals surface area contributed by atoms with Gasteiger partial charge in [-0.15, -0.1) is 0 Å². The lowest BCUT2D eigenvalue weighted by Crippen LogP contribution is -2.25. The van der Waals surface area contributed by atoms with Gasteiger partial charge in [-0.2, -0.15) is 0 Å². The number of carbonyl (C=O) groups is 3. The quantitative estimate of drug-likeness (QED) is 0.429. The van der Waals surface area contributed by atoms with Crippen molar-refractivity contribution in [2.45, 2.75) is 32.7 Å². The fraction of sp³-hybridized carbons (Fsp3) is 0.192. The first kappa shape index (κ1) is 22.3. The van der Waals surface area contributed by atoms with Crippen LogP contribution < -0.4 is 10.6 Å². The predicted molar refractivity (Wildman–Crippen MR) is 126 cm³/mol. The lowest BCUT2D eigenvalue weighted by atomic mass is 9.94. The fourth-order valence-corrected chi connectivity index (χ4v) is 3.99. The summed E-state index contributed by atoms with van der Waals surface area (Å²) in [7, 11) is 0. The zero-order valence-corrected chi connectivity index (χ0v) is 19.0. The van der Waals surface area contributed by atoms with E-state index in [1.807, 2.05) is 6.07 Å². The number of amides is 2. The van der Waals surface area contributed by atoms with Gasteiger partial charge in [0, 0.05) is 30.3 Å². The summed E-state index contributed by atoms with van der Waals surface area (Å²) in [5, 5.41) is 5.61. The van der Waals surface area contributed by atoms with Crippen molar-refractivity contribution in [3.63, 3.8) is 0 Å². The molecule has 35 heavy (non-hydrogen) atoms. The summed E-state index contributed by atoms with van der Waals surface area (Å²) >= 11 is 0. The number of ketones is 1. The minimum atomic E-state index is -0.395. The topological polar surface area (TPSA) is 127 Å². The van der Waals surface area contributed by atoms with Gasteiger partial charge in [-0.05, 0) is 43.7 Å². The van der Waals surface area contributed by atoms with Crippen LogP contribution in [0.2, 0.25) is 0 Å². The van der Waals surface area contributed by atoms with Gasteiger partial charge in [-0.25, -0.2) is 4.98 Å². The molecule has 0 radical (unpaired) electrons.